The molecule has 0 bridgehead atoms. The molecule has 2 saturated heterocycles. The first-order valence-corrected chi connectivity index (χ1v) is 22.6. The van der Waals surface area contributed by atoms with Crippen LogP contribution in [0, 0.1) is 0 Å². The smallest absolute Gasteiger partial charge is 0.306 e. The number of esters is 2. The predicted octanol–water partition coefficient (Wildman–Crippen LogP) is 6.44. The topological polar surface area (TPSA) is 202 Å². The number of unbranched alkanes of at least 4 members (excludes halogenated alkanes) is 21. The lowest BCUT2D eigenvalue weighted by Crippen LogP contribution is -2.63. The van der Waals surface area contributed by atoms with Gasteiger partial charge in [-0.1, -0.05) is 142 Å². The lowest BCUT2D eigenvalue weighted by atomic mass is 9.99. The number of aliphatic hydroxyl groups is 6. The maximum Gasteiger partial charge on any atom is 0.306 e. The Kier molecular flexibility index (Phi) is 28.2. The molecular weight excluding hydrogens is 736 g/mol. The zero-order chi connectivity index (χ0) is 41.7. The molecule has 6 N–H and O–H groups in total. The highest BCUT2D eigenvalue weighted by Gasteiger charge is 2.61. The van der Waals surface area contributed by atoms with Crippen LogP contribution in [0.1, 0.15) is 181 Å². The second kappa shape index (κ2) is 31.2. The molecule has 0 saturated carbocycles. The van der Waals surface area contributed by atoms with Gasteiger partial charge in [0, 0.05) is 12.8 Å². The van der Waals surface area contributed by atoms with Gasteiger partial charge in [0.1, 0.15) is 43.2 Å². The molecule has 2 aliphatic heterocycles. The second-order valence-electron chi connectivity index (χ2n) is 16.1. The van der Waals surface area contributed by atoms with Crippen molar-refractivity contribution < 1.29 is 63.9 Å². The van der Waals surface area contributed by atoms with E-state index in [1.165, 1.54) is 77.0 Å². The average Bonchev–Trinajstić information content (AvgIpc) is 3.46. The highest BCUT2D eigenvalue weighted by Crippen LogP contribution is 2.39. The van der Waals surface area contributed by atoms with E-state index in [1.54, 1.807) is 0 Å². The van der Waals surface area contributed by atoms with E-state index in [0.717, 1.165) is 64.2 Å². The molecule has 2 rings (SSSR count). The normalized spacial score (nSPS) is 27.6. The van der Waals surface area contributed by atoms with Crippen molar-refractivity contribution in [2.24, 2.45) is 0 Å². The van der Waals surface area contributed by atoms with Gasteiger partial charge in [0.05, 0.1) is 13.2 Å². The zero-order valence-electron chi connectivity index (χ0n) is 35.3. The van der Waals surface area contributed by atoms with Gasteiger partial charge in [-0.05, 0) is 38.5 Å². The highest BCUT2D eigenvalue weighted by molar-refractivity contribution is 5.70. The van der Waals surface area contributed by atoms with Gasteiger partial charge in [-0.3, -0.25) is 9.59 Å². The third-order valence-corrected chi connectivity index (χ3v) is 11.1. The Balaban J connectivity index is 1.93. The Hall–Kier alpha value is -1.68. The molecule has 0 unspecified atom stereocenters. The van der Waals surface area contributed by atoms with Gasteiger partial charge in [-0.15, -0.1) is 0 Å². The lowest BCUT2D eigenvalue weighted by molar-refractivity contribution is -0.384. The van der Waals surface area contributed by atoms with Crippen LogP contribution in [0.4, 0.5) is 0 Å². The van der Waals surface area contributed by atoms with Gasteiger partial charge in [0.2, 0.25) is 5.79 Å². The number of ether oxygens (including phenoxy) is 5. The molecule has 0 aromatic heterocycles. The Morgan fingerprint density at radius 3 is 1.51 bits per heavy atom. The second-order valence-corrected chi connectivity index (χ2v) is 16.1. The number of carbonyl (C=O) groups is 2. The molecule has 0 amide bonds. The molecular formula is C44H80O13. The molecule has 0 radical (unpaired) electrons. The number of hydrogen-bond acceptors (Lipinski definition) is 13. The van der Waals surface area contributed by atoms with Crippen molar-refractivity contribution in [1.29, 1.82) is 0 Å². The Morgan fingerprint density at radius 1 is 0.561 bits per heavy atom. The maximum absolute atomic E-state index is 13.2. The molecule has 13 nitrogen and oxygen atoms in total. The first kappa shape index (κ1) is 51.5. The number of allylic oxidation sites excluding steroid dienone is 2. The molecule has 2 aliphatic rings. The number of rotatable bonds is 34. The summed E-state index contributed by atoms with van der Waals surface area (Å²) in [6.07, 6.45) is 18.2. The summed E-state index contributed by atoms with van der Waals surface area (Å²) in [5, 5.41) is 62.5. The fourth-order valence-corrected chi connectivity index (χ4v) is 7.49. The van der Waals surface area contributed by atoms with Crippen molar-refractivity contribution in [3.8, 4) is 0 Å². The van der Waals surface area contributed by atoms with Crippen molar-refractivity contribution in [3.05, 3.63) is 12.2 Å². The number of hydrogen-bond donors (Lipinski definition) is 6. The van der Waals surface area contributed by atoms with E-state index in [4.69, 9.17) is 23.7 Å². The van der Waals surface area contributed by atoms with Gasteiger partial charge in [0.15, 0.2) is 12.4 Å². The van der Waals surface area contributed by atoms with Crippen LogP contribution >= 0.6 is 0 Å². The third-order valence-electron chi connectivity index (χ3n) is 11.1. The van der Waals surface area contributed by atoms with Crippen LogP contribution in [0.2, 0.25) is 0 Å². The average molecular weight is 817 g/mol. The van der Waals surface area contributed by atoms with E-state index >= 15 is 0 Å². The molecule has 13 heteroatoms. The van der Waals surface area contributed by atoms with Gasteiger partial charge < -0.3 is 54.3 Å². The van der Waals surface area contributed by atoms with Crippen molar-refractivity contribution >= 4 is 11.9 Å². The zero-order valence-corrected chi connectivity index (χ0v) is 35.3. The minimum Gasteiger partial charge on any atom is -0.460 e. The molecule has 0 aliphatic carbocycles. The van der Waals surface area contributed by atoms with Crippen LogP contribution in [-0.2, 0) is 33.3 Å². The third kappa shape index (κ3) is 20.0. The van der Waals surface area contributed by atoms with Crippen LogP contribution in [-0.4, -0.2) is 117 Å². The van der Waals surface area contributed by atoms with E-state index in [0.29, 0.717) is 12.8 Å². The van der Waals surface area contributed by atoms with Gasteiger partial charge in [-0.2, -0.15) is 0 Å². The molecule has 57 heavy (non-hydrogen) atoms. The van der Waals surface area contributed by atoms with Crippen LogP contribution in [0.5, 0.6) is 0 Å². The Labute approximate surface area is 342 Å². The molecule has 2 heterocycles. The monoisotopic (exact) mass is 817 g/mol. The van der Waals surface area contributed by atoms with E-state index in [-0.39, 0.29) is 12.8 Å². The van der Waals surface area contributed by atoms with Crippen LogP contribution in [0.3, 0.4) is 0 Å². The van der Waals surface area contributed by atoms with Crippen molar-refractivity contribution in [1.82, 2.24) is 0 Å². The first-order chi connectivity index (χ1) is 27.6. The van der Waals surface area contributed by atoms with E-state index in [1.807, 2.05) is 0 Å². The summed E-state index contributed by atoms with van der Waals surface area (Å²) < 4.78 is 28.8. The van der Waals surface area contributed by atoms with Crippen molar-refractivity contribution in [2.75, 3.05) is 19.8 Å². The van der Waals surface area contributed by atoms with Crippen molar-refractivity contribution in [3.63, 3.8) is 0 Å². The van der Waals surface area contributed by atoms with E-state index < -0.39 is 86.6 Å². The summed E-state index contributed by atoms with van der Waals surface area (Å²) in [5.74, 6) is -3.54. The first-order valence-electron chi connectivity index (χ1n) is 22.6. The molecule has 0 aromatic rings. The minimum atomic E-state index is -2.27. The Bertz CT molecular complexity index is 1060. The van der Waals surface area contributed by atoms with Gasteiger partial charge in [-0.25, -0.2) is 0 Å². The van der Waals surface area contributed by atoms with Crippen molar-refractivity contribution in [2.45, 2.75) is 236 Å². The summed E-state index contributed by atoms with van der Waals surface area (Å²) in [6.45, 7) is 2.28. The minimum absolute atomic E-state index is 0.0277. The predicted molar refractivity (Wildman–Crippen MR) is 217 cm³/mol. The fourth-order valence-electron chi connectivity index (χ4n) is 7.49. The number of aliphatic hydroxyl groups excluding tert-OH is 6. The molecule has 9 atom stereocenters. The SMILES string of the molecule is CCCCCCCCC=CCCCCCCCC(=O)O[C@H]1[C@H](O)[C@@H](CO)O[C@@]1(COC(=O)CCCCCCCCCCCCC)O[C@H]1O[C@H](CO)[C@@H](O)[C@H](O)[C@H]1O. The highest BCUT2D eigenvalue weighted by atomic mass is 16.8. The van der Waals surface area contributed by atoms with E-state index in [2.05, 4.69) is 26.0 Å². The summed E-state index contributed by atoms with van der Waals surface area (Å²) in [7, 11) is 0. The quantitative estimate of drug-likeness (QED) is 0.0236. The molecule has 334 valence electrons. The maximum atomic E-state index is 13.2. The Morgan fingerprint density at radius 2 is 1.02 bits per heavy atom. The van der Waals surface area contributed by atoms with E-state index in [9.17, 15) is 40.2 Å². The molecule has 2 fully saturated rings. The van der Waals surface area contributed by atoms with Crippen LogP contribution in [0.15, 0.2) is 12.2 Å². The molecule has 0 spiro atoms. The summed E-state index contributed by atoms with van der Waals surface area (Å²) >= 11 is 0. The largest absolute Gasteiger partial charge is 0.460 e. The standard InChI is InChI=1S/C44H80O13/c1-3-5-7-9-11-13-15-16-17-18-20-22-24-26-28-30-37(48)55-42-39(50)35(32-46)56-44(42,57-43-41(52)40(51)38(49)34(31-45)54-43)33-53-36(47)29-27-25-23-21-19-14-12-10-8-6-4-2/h16-17,34-35,38-43,45-46,49-52H,3-15,18-33H2,1-2H3/t34-,35-,38-,39-,40+,41-,42+,43-,44+/m1/s1. The lowest BCUT2D eigenvalue weighted by Gasteiger charge is -2.43. The van der Waals surface area contributed by atoms with Crippen LogP contribution in [0.25, 0.3) is 0 Å². The summed E-state index contributed by atoms with van der Waals surface area (Å²) in [4.78, 5) is 26.1. The number of carbonyl (C=O) groups excluding carboxylic acids is 2. The van der Waals surface area contributed by atoms with Crippen LogP contribution < -0.4 is 0 Å². The van der Waals surface area contributed by atoms with Gasteiger partial charge >= 0.3 is 11.9 Å². The molecule has 0 aromatic carbocycles. The summed E-state index contributed by atoms with van der Waals surface area (Å²) in [5.41, 5.74) is 0. The van der Waals surface area contributed by atoms with Gasteiger partial charge in [0.25, 0.3) is 0 Å². The fraction of sp³-hybridized carbons (Fsp3) is 0.909. The summed E-state index contributed by atoms with van der Waals surface area (Å²) in [6, 6.07) is 0.